The molecular formula is C13H18N4O2. The molecule has 0 unspecified atom stereocenters. The first-order chi connectivity index (χ1) is 8.99. The second kappa shape index (κ2) is 7.05. The van der Waals surface area contributed by atoms with Gasteiger partial charge in [-0.2, -0.15) is 0 Å². The maximum absolute atomic E-state index is 11.5. The molecule has 0 bridgehead atoms. The Morgan fingerprint density at radius 3 is 2.58 bits per heavy atom. The lowest BCUT2D eigenvalue weighted by atomic mass is 10.1. The molecule has 6 nitrogen and oxygen atoms in total. The normalized spacial score (nSPS) is 10.4. The highest BCUT2D eigenvalue weighted by Gasteiger charge is 1.98. The number of hydrogen-bond donors (Lipinski definition) is 4. The van der Waals surface area contributed by atoms with Gasteiger partial charge >= 0.3 is 0 Å². The van der Waals surface area contributed by atoms with Crippen molar-refractivity contribution in [2.24, 2.45) is 0 Å². The van der Waals surface area contributed by atoms with E-state index in [9.17, 15) is 9.59 Å². The number of nitrogen functional groups attached to an aromatic ring is 2. The molecule has 19 heavy (non-hydrogen) atoms. The number of carbonyl (C=O) groups excluding carboxylic acids is 2. The van der Waals surface area contributed by atoms with Gasteiger partial charge in [-0.3, -0.25) is 9.59 Å². The van der Waals surface area contributed by atoms with Crippen LogP contribution >= 0.6 is 0 Å². The number of nitrogens with one attached hydrogen (secondary N) is 2. The van der Waals surface area contributed by atoms with E-state index >= 15 is 0 Å². The van der Waals surface area contributed by atoms with Crippen molar-refractivity contribution in [3.63, 3.8) is 0 Å². The lowest BCUT2D eigenvalue weighted by Gasteiger charge is -2.03. The van der Waals surface area contributed by atoms with Crippen LogP contribution in [-0.2, 0) is 9.59 Å². The fraction of sp³-hybridized carbons (Fsp3) is 0.231. The molecule has 102 valence electrons. The standard InChI is InChI=1S/C13H18N4O2/c1-9(18)16-6-7-17-13(19)5-2-10-8-11(14)3-4-12(10)15/h2-5,8H,6-7,14-15H2,1H3,(H,16,18)(H,17,19)/b5-2+. The average Bonchev–Trinajstić information content (AvgIpc) is 2.35. The number of rotatable bonds is 5. The molecule has 0 radical (unpaired) electrons. The molecule has 0 aromatic heterocycles. The van der Waals surface area contributed by atoms with E-state index < -0.39 is 0 Å². The molecule has 0 fully saturated rings. The summed E-state index contributed by atoms with van der Waals surface area (Å²) >= 11 is 0. The molecule has 1 aromatic rings. The first-order valence-corrected chi connectivity index (χ1v) is 5.84. The molecule has 0 aliphatic rings. The zero-order valence-electron chi connectivity index (χ0n) is 10.8. The van der Waals surface area contributed by atoms with E-state index in [1.54, 1.807) is 24.3 Å². The van der Waals surface area contributed by atoms with Crippen molar-refractivity contribution >= 4 is 29.3 Å². The van der Waals surface area contributed by atoms with Crippen molar-refractivity contribution in [1.82, 2.24) is 10.6 Å². The number of carbonyl (C=O) groups is 2. The number of anilines is 2. The van der Waals surface area contributed by atoms with E-state index in [-0.39, 0.29) is 11.8 Å². The van der Waals surface area contributed by atoms with Crippen molar-refractivity contribution in [3.8, 4) is 0 Å². The summed E-state index contributed by atoms with van der Waals surface area (Å²) in [6.07, 6.45) is 2.97. The summed E-state index contributed by atoms with van der Waals surface area (Å²) in [6, 6.07) is 5.07. The Bertz CT molecular complexity index is 497. The number of hydrogen-bond acceptors (Lipinski definition) is 4. The van der Waals surface area contributed by atoms with Crippen LogP contribution in [0.1, 0.15) is 12.5 Å². The highest BCUT2D eigenvalue weighted by Crippen LogP contribution is 2.16. The lowest BCUT2D eigenvalue weighted by Crippen LogP contribution is -2.32. The molecule has 2 amide bonds. The van der Waals surface area contributed by atoms with Crippen molar-refractivity contribution in [1.29, 1.82) is 0 Å². The first kappa shape index (κ1) is 14.6. The maximum Gasteiger partial charge on any atom is 0.244 e. The lowest BCUT2D eigenvalue weighted by molar-refractivity contribution is -0.119. The molecule has 6 N–H and O–H groups in total. The molecule has 1 rings (SSSR count). The third-order valence-corrected chi connectivity index (χ3v) is 2.32. The Morgan fingerprint density at radius 1 is 1.21 bits per heavy atom. The van der Waals surface area contributed by atoms with E-state index in [0.29, 0.717) is 30.0 Å². The van der Waals surface area contributed by atoms with Crippen LogP contribution in [0.5, 0.6) is 0 Å². The minimum atomic E-state index is -0.257. The van der Waals surface area contributed by atoms with E-state index in [1.807, 2.05) is 0 Å². The van der Waals surface area contributed by atoms with Crippen LogP contribution in [0.15, 0.2) is 24.3 Å². The Labute approximate surface area is 111 Å². The third kappa shape index (κ3) is 5.58. The molecule has 0 aliphatic heterocycles. The number of benzene rings is 1. The molecule has 0 saturated carbocycles. The second-order valence-electron chi connectivity index (χ2n) is 4.00. The third-order valence-electron chi connectivity index (χ3n) is 2.32. The Kier molecular flexibility index (Phi) is 5.40. The highest BCUT2D eigenvalue weighted by molar-refractivity contribution is 5.92. The van der Waals surface area contributed by atoms with Gasteiger partial charge in [-0.1, -0.05) is 0 Å². The maximum atomic E-state index is 11.5. The van der Waals surface area contributed by atoms with Gasteiger partial charge in [0.1, 0.15) is 0 Å². The van der Waals surface area contributed by atoms with Crippen LogP contribution in [0.4, 0.5) is 11.4 Å². The van der Waals surface area contributed by atoms with Crippen LogP contribution < -0.4 is 22.1 Å². The molecule has 6 heteroatoms. The number of amides is 2. The van der Waals surface area contributed by atoms with Crippen molar-refractivity contribution in [2.75, 3.05) is 24.6 Å². The van der Waals surface area contributed by atoms with E-state index in [2.05, 4.69) is 10.6 Å². The first-order valence-electron chi connectivity index (χ1n) is 5.84. The largest absolute Gasteiger partial charge is 0.399 e. The van der Waals surface area contributed by atoms with Crippen molar-refractivity contribution in [2.45, 2.75) is 6.92 Å². The summed E-state index contributed by atoms with van der Waals surface area (Å²) in [4.78, 5) is 22.1. The molecule has 0 atom stereocenters. The summed E-state index contributed by atoms with van der Waals surface area (Å²) in [5.41, 5.74) is 13.2. The minimum Gasteiger partial charge on any atom is -0.399 e. The van der Waals surface area contributed by atoms with Gasteiger partial charge in [0.15, 0.2) is 0 Å². The van der Waals surface area contributed by atoms with Crippen LogP contribution in [-0.4, -0.2) is 24.9 Å². The van der Waals surface area contributed by atoms with Crippen LogP contribution in [0.3, 0.4) is 0 Å². The monoisotopic (exact) mass is 262 g/mol. The Hall–Kier alpha value is -2.50. The molecule has 0 heterocycles. The van der Waals surface area contributed by atoms with Gasteiger partial charge in [0, 0.05) is 37.5 Å². The van der Waals surface area contributed by atoms with Crippen LogP contribution in [0.25, 0.3) is 6.08 Å². The summed E-state index contributed by atoms with van der Waals surface area (Å²) in [6.45, 7) is 2.19. The SMILES string of the molecule is CC(=O)NCCNC(=O)/C=C/c1cc(N)ccc1N. The van der Waals surface area contributed by atoms with Crippen LogP contribution in [0.2, 0.25) is 0 Å². The van der Waals surface area contributed by atoms with Gasteiger partial charge in [0.05, 0.1) is 0 Å². The molecule has 1 aromatic carbocycles. The molecular weight excluding hydrogens is 244 g/mol. The fourth-order valence-corrected chi connectivity index (χ4v) is 1.39. The Morgan fingerprint density at radius 2 is 1.89 bits per heavy atom. The predicted molar refractivity (Wildman–Crippen MR) is 76.0 cm³/mol. The minimum absolute atomic E-state index is 0.127. The topological polar surface area (TPSA) is 110 Å². The van der Waals surface area contributed by atoms with Gasteiger partial charge in [-0.25, -0.2) is 0 Å². The molecule has 0 saturated heterocycles. The van der Waals surface area contributed by atoms with Gasteiger partial charge in [-0.05, 0) is 29.8 Å². The Balaban J connectivity index is 2.45. The summed E-state index contributed by atoms with van der Waals surface area (Å²) in [5, 5.41) is 5.21. The average molecular weight is 262 g/mol. The van der Waals surface area contributed by atoms with E-state index in [1.165, 1.54) is 13.0 Å². The fourth-order valence-electron chi connectivity index (χ4n) is 1.39. The summed E-state index contributed by atoms with van der Waals surface area (Å²) < 4.78 is 0. The smallest absolute Gasteiger partial charge is 0.244 e. The van der Waals surface area contributed by atoms with Crippen molar-refractivity contribution < 1.29 is 9.59 Å². The number of nitrogens with two attached hydrogens (primary N) is 2. The second-order valence-corrected chi connectivity index (χ2v) is 4.00. The van der Waals surface area contributed by atoms with Crippen molar-refractivity contribution in [3.05, 3.63) is 29.8 Å². The predicted octanol–water partition coefficient (Wildman–Crippen LogP) is 0.117. The van der Waals surface area contributed by atoms with E-state index in [0.717, 1.165) is 0 Å². The summed E-state index contributed by atoms with van der Waals surface area (Å²) in [5.74, 6) is -0.385. The molecule has 0 spiro atoms. The van der Waals surface area contributed by atoms with Gasteiger partial charge < -0.3 is 22.1 Å². The van der Waals surface area contributed by atoms with Gasteiger partial charge in [0.2, 0.25) is 11.8 Å². The molecule has 0 aliphatic carbocycles. The summed E-state index contributed by atoms with van der Waals surface area (Å²) in [7, 11) is 0. The highest BCUT2D eigenvalue weighted by atomic mass is 16.2. The van der Waals surface area contributed by atoms with Crippen LogP contribution in [0, 0.1) is 0 Å². The zero-order valence-corrected chi connectivity index (χ0v) is 10.8. The van der Waals surface area contributed by atoms with Gasteiger partial charge in [0.25, 0.3) is 0 Å². The zero-order chi connectivity index (χ0) is 14.3. The van der Waals surface area contributed by atoms with Gasteiger partial charge in [-0.15, -0.1) is 0 Å². The quantitative estimate of drug-likeness (QED) is 0.343. The van der Waals surface area contributed by atoms with E-state index in [4.69, 9.17) is 11.5 Å².